The van der Waals surface area contributed by atoms with Gasteiger partial charge in [-0.05, 0) is 91.0 Å². The van der Waals surface area contributed by atoms with Gasteiger partial charge in [0.1, 0.15) is 5.82 Å². The van der Waals surface area contributed by atoms with Crippen molar-refractivity contribution in [3.63, 3.8) is 0 Å². The number of ether oxygens (including phenoxy) is 1. The van der Waals surface area contributed by atoms with Gasteiger partial charge in [0.25, 0.3) is 0 Å². The molecule has 0 fully saturated rings. The summed E-state index contributed by atoms with van der Waals surface area (Å²) in [6, 6.07) is 14.7. The monoisotopic (exact) mass is 477 g/mol. The Morgan fingerprint density at radius 3 is 2.30 bits per heavy atom. The molecule has 138 valence electrons. The standard InChI is InChI=1S/C21H17FINO3/c1-13-11-19(14(2)24(13)18-9-5-16(22)6-10-18)20(25)12-27-21(26)15-3-7-17(23)8-4-15/h3-11H,12H2,1-2H3. The third-order valence-electron chi connectivity index (χ3n) is 4.23. The number of nitrogens with zero attached hydrogens (tertiary/aromatic N) is 1. The van der Waals surface area contributed by atoms with Crippen LogP contribution in [0.4, 0.5) is 4.39 Å². The summed E-state index contributed by atoms with van der Waals surface area (Å²) in [5, 5.41) is 0. The molecule has 1 heterocycles. The number of carbonyl (C=O) groups excluding carboxylic acids is 2. The van der Waals surface area contributed by atoms with Crippen molar-refractivity contribution in [2.75, 3.05) is 6.61 Å². The number of rotatable bonds is 5. The number of aromatic nitrogens is 1. The average Bonchev–Trinajstić information content (AvgIpc) is 2.95. The Morgan fingerprint density at radius 1 is 1.04 bits per heavy atom. The van der Waals surface area contributed by atoms with E-state index in [9.17, 15) is 14.0 Å². The molecular formula is C21H17FINO3. The Balaban J connectivity index is 1.75. The molecule has 3 aromatic rings. The number of carbonyl (C=O) groups is 2. The van der Waals surface area contributed by atoms with Crippen LogP contribution in [-0.2, 0) is 4.74 Å². The fourth-order valence-corrected chi connectivity index (χ4v) is 3.27. The highest BCUT2D eigenvalue weighted by molar-refractivity contribution is 14.1. The number of hydrogen-bond acceptors (Lipinski definition) is 3. The number of hydrogen-bond donors (Lipinski definition) is 0. The first kappa shape index (κ1) is 19.3. The lowest BCUT2D eigenvalue weighted by atomic mass is 10.1. The van der Waals surface area contributed by atoms with Crippen molar-refractivity contribution in [2.45, 2.75) is 13.8 Å². The smallest absolute Gasteiger partial charge is 0.338 e. The number of aryl methyl sites for hydroxylation is 1. The Kier molecular flexibility index (Phi) is 5.74. The molecule has 0 radical (unpaired) electrons. The molecule has 6 heteroatoms. The van der Waals surface area contributed by atoms with Crippen LogP contribution in [-0.4, -0.2) is 22.9 Å². The normalized spacial score (nSPS) is 10.7. The van der Waals surface area contributed by atoms with Gasteiger partial charge in [-0.2, -0.15) is 0 Å². The van der Waals surface area contributed by atoms with E-state index in [-0.39, 0.29) is 18.2 Å². The molecular weight excluding hydrogens is 460 g/mol. The summed E-state index contributed by atoms with van der Waals surface area (Å²) in [5.41, 5.74) is 3.20. The summed E-state index contributed by atoms with van der Waals surface area (Å²) in [6.45, 7) is 3.34. The molecule has 0 spiro atoms. The van der Waals surface area contributed by atoms with Crippen molar-refractivity contribution < 1.29 is 18.7 Å². The maximum atomic E-state index is 13.2. The summed E-state index contributed by atoms with van der Waals surface area (Å²) in [4.78, 5) is 24.6. The first-order valence-corrected chi connectivity index (χ1v) is 9.35. The lowest BCUT2D eigenvalue weighted by Crippen LogP contribution is -2.15. The summed E-state index contributed by atoms with van der Waals surface area (Å²) in [6.07, 6.45) is 0. The Hall–Kier alpha value is -2.48. The lowest BCUT2D eigenvalue weighted by molar-refractivity contribution is 0.0474. The zero-order chi connectivity index (χ0) is 19.6. The molecule has 0 atom stereocenters. The summed E-state index contributed by atoms with van der Waals surface area (Å²) in [5.74, 6) is -1.14. The molecule has 0 amide bonds. The molecule has 0 unspecified atom stereocenters. The first-order chi connectivity index (χ1) is 12.9. The third kappa shape index (κ3) is 4.27. The topological polar surface area (TPSA) is 48.3 Å². The predicted molar refractivity (Wildman–Crippen MR) is 109 cm³/mol. The maximum Gasteiger partial charge on any atom is 0.338 e. The van der Waals surface area contributed by atoms with Gasteiger partial charge in [0.05, 0.1) is 5.56 Å². The second-order valence-electron chi connectivity index (χ2n) is 6.10. The van der Waals surface area contributed by atoms with Gasteiger partial charge < -0.3 is 9.30 Å². The van der Waals surface area contributed by atoms with Crippen molar-refractivity contribution in [3.05, 3.63) is 86.5 Å². The fraction of sp³-hybridized carbons (Fsp3) is 0.143. The molecule has 0 saturated carbocycles. The summed E-state index contributed by atoms with van der Waals surface area (Å²) >= 11 is 2.15. The number of halogens is 2. The van der Waals surface area contributed by atoms with Gasteiger partial charge in [-0.15, -0.1) is 0 Å². The van der Waals surface area contributed by atoms with Gasteiger partial charge in [0.15, 0.2) is 6.61 Å². The van der Waals surface area contributed by atoms with Crippen molar-refractivity contribution in [3.8, 4) is 5.69 Å². The third-order valence-corrected chi connectivity index (χ3v) is 4.95. The molecule has 2 aromatic carbocycles. The summed E-state index contributed by atoms with van der Waals surface area (Å²) in [7, 11) is 0. The minimum atomic E-state index is -0.535. The highest BCUT2D eigenvalue weighted by atomic mass is 127. The first-order valence-electron chi connectivity index (χ1n) is 8.27. The Bertz CT molecular complexity index is 992. The zero-order valence-corrected chi connectivity index (χ0v) is 17.0. The van der Waals surface area contributed by atoms with E-state index in [1.807, 2.05) is 18.4 Å². The fourth-order valence-electron chi connectivity index (χ4n) is 2.91. The molecule has 0 aliphatic carbocycles. The molecule has 3 rings (SSSR count). The molecule has 1 aromatic heterocycles. The largest absolute Gasteiger partial charge is 0.454 e. The van der Waals surface area contributed by atoms with Gasteiger partial charge in [0.2, 0.25) is 5.78 Å². The molecule has 0 saturated heterocycles. The van der Waals surface area contributed by atoms with Crippen molar-refractivity contribution in [1.82, 2.24) is 4.57 Å². The van der Waals surface area contributed by atoms with Crippen LogP contribution in [0.2, 0.25) is 0 Å². The van der Waals surface area contributed by atoms with Gasteiger partial charge >= 0.3 is 5.97 Å². The molecule has 0 aliphatic heterocycles. The second kappa shape index (κ2) is 8.04. The predicted octanol–water partition coefficient (Wildman–Crippen LogP) is 4.88. The molecule has 27 heavy (non-hydrogen) atoms. The average molecular weight is 477 g/mol. The minimum absolute atomic E-state index is 0.282. The van der Waals surface area contributed by atoms with Crippen molar-refractivity contribution in [2.24, 2.45) is 0 Å². The van der Waals surface area contributed by atoms with E-state index in [1.165, 1.54) is 12.1 Å². The van der Waals surface area contributed by atoms with Crippen LogP contribution < -0.4 is 0 Å². The lowest BCUT2D eigenvalue weighted by Gasteiger charge is -2.10. The van der Waals surface area contributed by atoms with E-state index in [4.69, 9.17) is 4.74 Å². The van der Waals surface area contributed by atoms with Crippen LogP contribution in [0.1, 0.15) is 32.1 Å². The Labute approximate surface area is 170 Å². The van der Waals surface area contributed by atoms with Crippen LogP contribution in [0.25, 0.3) is 5.69 Å². The Morgan fingerprint density at radius 2 is 1.67 bits per heavy atom. The zero-order valence-electron chi connectivity index (χ0n) is 14.8. The number of ketones is 1. The van der Waals surface area contributed by atoms with Crippen LogP contribution in [0.5, 0.6) is 0 Å². The molecule has 0 bridgehead atoms. The van der Waals surface area contributed by atoms with Crippen LogP contribution in [0, 0.1) is 23.2 Å². The molecule has 4 nitrogen and oxygen atoms in total. The van der Waals surface area contributed by atoms with E-state index in [0.717, 1.165) is 20.6 Å². The number of benzene rings is 2. The highest BCUT2D eigenvalue weighted by Gasteiger charge is 2.18. The van der Waals surface area contributed by atoms with E-state index in [2.05, 4.69) is 22.6 Å². The number of Topliss-reactive ketones (excluding diaryl/α,β-unsaturated/α-hetero) is 1. The van der Waals surface area contributed by atoms with Gasteiger partial charge in [-0.25, -0.2) is 9.18 Å². The van der Waals surface area contributed by atoms with Crippen LogP contribution in [0.15, 0.2) is 54.6 Å². The van der Waals surface area contributed by atoms with Gasteiger partial charge in [-0.3, -0.25) is 4.79 Å². The van der Waals surface area contributed by atoms with E-state index in [1.54, 1.807) is 42.5 Å². The van der Waals surface area contributed by atoms with E-state index >= 15 is 0 Å². The van der Waals surface area contributed by atoms with Crippen molar-refractivity contribution >= 4 is 34.3 Å². The van der Waals surface area contributed by atoms with Crippen LogP contribution in [0.3, 0.4) is 0 Å². The highest BCUT2D eigenvalue weighted by Crippen LogP contribution is 2.21. The molecule has 0 aliphatic rings. The van der Waals surface area contributed by atoms with E-state index < -0.39 is 5.97 Å². The van der Waals surface area contributed by atoms with Crippen LogP contribution >= 0.6 is 22.6 Å². The summed E-state index contributed by atoms with van der Waals surface area (Å²) < 4.78 is 21.2. The minimum Gasteiger partial charge on any atom is -0.454 e. The SMILES string of the molecule is Cc1cc(C(=O)COC(=O)c2ccc(I)cc2)c(C)n1-c1ccc(F)cc1. The van der Waals surface area contributed by atoms with E-state index in [0.29, 0.717) is 11.1 Å². The van der Waals surface area contributed by atoms with Crippen molar-refractivity contribution in [1.29, 1.82) is 0 Å². The second-order valence-corrected chi connectivity index (χ2v) is 7.35. The van der Waals surface area contributed by atoms with Gasteiger partial charge in [0, 0.05) is 26.2 Å². The van der Waals surface area contributed by atoms with Gasteiger partial charge in [-0.1, -0.05) is 0 Å². The number of esters is 1. The molecule has 0 N–H and O–H groups in total. The maximum absolute atomic E-state index is 13.2. The quantitative estimate of drug-likeness (QED) is 0.299.